The van der Waals surface area contributed by atoms with Gasteiger partial charge in [0.25, 0.3) is 5.91 Å². The summed E-state index contributed by atoms with van der Waals surface area (Å²) in [6.45, 7) is 0. The third kappa shape index (κ3) is 4.07. The van der Waals surface area contributed by atoms with E-state index in [-0.39, 0.29) is 37.2 Å². The van der Waals surface area contributed by atoms with E-state index in [1.807, 2.05) is 0 Å². The van der Waals surface area contributed by atoms with Crippen LogP contribution in [0.3, 0.4) is 0 Å². The highest BCUT2D eigenvalue weighted by Crippen LogP contribution is 2.34. The van der Waals surface area contributed by atoms with Gasteiger partial charge in [-0.25, -0.2) is 10.4 Å². The van der Waals surface area contributed by atoms with E-state index in [0.29, 0.717) is 0 Å². The molecule has 1 heterocycles. The first-order chi connectivity index (χ1) is 12.1. The minimum Gasteiger partial charge on any atom is -0.502 e. The van der Waals surface area contributed by atoms with Crippen molar-refractivity contribution in [2.75, 3.05) is 5.73 Å². The van der Waals surface area contributed by atoms with Crippen molar-refractivity contribution in [2.24, 2.45) is 5.10 Å². The zero-order chi connectivity index (χ0) is 19.6. The Labute approximate surface area is 165 Å². The molecule has 0 spiro atoms. The summed E-state index contributed by atoms with van der Waals surface area (Å²) >= 11 is 23.1. The lowest BCUT2D eigenvalue weighted by Crippen LogP contribution is -2.20. The maximum absolute atomic E-state index is 12.1. The van der Waals surface area contributed by atoms with Gasteiger partial charge in [0.1, 0.15) is 5.02 Å². The number of nitrogens with zero attached hydrogens (tertiary/aromatic N) is 3. The molecule has 0 atom stereocenters. The lowest BCUT2D eigenvalue weighted by atomic mass is 10.2. The molecule has 0 unspecified atom stereocenters. The lowest BCUT2D eigenvalue weighted by molar-refractivity contribution is -0.385. The van der Waals surface area contributed by atoms with E-state index in [9.17, 15) is 20.0 Å². The number of hydrogen-bond donors (Lipinski definition) is 3. The Hall–Kier alpha value is -2.33. The van der Waals surface area contributed by atoms with Crippen LogP contribution >= 0.6 is 46.4 Å². The van der Waals surface area contributed by atoms with Crippen LogP contribution in [0, 0.1) is 10.1 Å². The zero-order valence-corrected chi connectivity index (χ0v) is 15.4. The Morgan fingerprint density at radius 2 is 1.96 bits per heavy atom. The second-order valence-corrected chi connectivity index (χ2v) is 6.16. The highest BCUT2D eigenvalue weighted by Gasteiger charge is 2.20. The molecule has 13 heteroatoms. The second-order valence-electron chi connectivity index (χ2n) is 4.61. The number of nitrogen functional groups attached to an aromatic ring is 1. The fourth-order valence-corrected chi connectivity index (χ4v) is 2.55. The number of nitro benzene ring substituents is 1. The predicted molar refractivity (Wildman–Crippen MR) is 98.5 cm³/mol. The molecule has 0 bridgehead atoms. The van der Waals surface area contributed by atoms with Gasteiger partial charge in [0.05, 0.1) is 21.8 Å². The summed E-state index contributed by atoms with van der Waals surface area (Å²) in [7, 11) is 0. The van der Waals surface area contributed by atoms with Crippen molar-refractivity contribution in [2.45, 2.75) is 0 Å². The Morgan fingerprint density at radius 1 is 1.31 bits per heavy atom. The summed E-state index contributed by atoms with van der Waals surface area (Å²) in [4.78, 5) is 25.8. The van der Waals surface area contributed by atoms with Crippen molar-refractivity contribution < 1.29 is 14.8 Å². The number of rotatable bonds is 4. The third-order valence-electron chi connectivity index (χ3n) is 2.94. The highest BCUT2D eigenvalue weighted by molar-refractivity contribution is 6.46. The van der Waals surface area contributed by atoms with Crippen LogP contribution < -0.4 is 11.2 Å². The van der Waals surface area contributed by atoms with Gasteiger partial charge in [-0.3, -0.25) is 14.9 Å². The quantitative estimate of drug-likeness (QED) is 0.287. The number of nitro groups is 1. The number of nitrogens with one attached hydrogen (secondary N) is 1. The van der Waals surface area contributed by atoms with E-state index in [2.05, 4.69) is 15.5 Å². The minimum atomic E-state index is -0.882. The van der Waals surface area contributed by atoms with Crippen molar-refractivity contribution in [3.05, 3.63) is 53.7 Å². The molecule has 1 amide bonds. The maximum Gasteiger partial charge on any atom is 0.312 e. The van der Waals surface area contributed by atoms with Gasteiger partial charge in [-0.2, -0.15) is 5.10 Å². The summed E-state index contributed by atoms with van der Waals surface area (Å²) in [6, 6.07) is 2.18. The summed E-state index contributed by atoms with van der Waals surface area (Å²) < 4.78 is 0. The Bertz CT molecular complexity index is 951. The molecule has 2 rings (SSSR count). The summed E-state index contributed by atoms with van der Waals surface area (Å²) in [5, 5.41) is 23.7. The number of aromatic nitrogens is 1. The van der Waals surface area contributed by atoms with E-state index in [1.165, 1.54) is 6.07 Å². The number of amides is 1. The Morgan fingerprint density at radius 3 is 2.58 bits per heavy atom. The van der Waals surface area contributed by atoms with Gasteiger partial charge in [-0.05, 0) is 6.07 Å². The first kappa shape index (κ1) is 20.0. The first-order valence-corrected chi connectivity index (χ1v) is 7.95. The van der Waals surface area contributed by atoms with Gasteiger partial charge >= 0.3 is 5.69 Å². The van der Waals surface area contributed by atoms with Crippen molar-refractivity contribution in [1.29, 1.82) is 0 Å². The molecule has 2 aromatic rings. The van der Waals surface area contributed by atoms with Crippen LogP contribution in [0.4, 0.5) is 11.4 Å². The molecule has 136 valence electrons. The monoisotopic (exact) mass is 437 g/mol. The molecule has 0 radical (unpaired) electrons. The number of nitrogens with two attached hydrogens (primary N) is 1. The Balaban J connectivity index is 2.27. The van der Waals surface area contributed by atoms with Gasteiger partial charge in [0.2, 0.25) is 5.75 Å². The molecule has 0 aliphatic carbocycles. The SMILES string of the molecule is Nc1c(Cl)c(Cl)nc(C(=O)NN=Cc2cc(Cl)cc([N+](=O)[O-])c2O)c1Cl. The van der Waals surface area contributed by atoms with Gasteiger partial charge in [-0.15, -0.1) is 0 Å². The number of phenols is 1. The number of pyridine rings is 1. The van der Waals surface area contributed by atoms with Crippen LogP contribution in [0.1, 0.15) is 16.1 Å². The molecule has 1 aromatic carbocycles. The topological polar surface area (TPSA) is 144 Å². The van der Waals surface area contributed by atoms with Crippen LogP contribution in [0.15, 0.2) is 17.2 Å². The molecule has 0 fully saturated rings. The fourth-order valence-electron chi connectivity index (χ4n) is 1.74. The lowest BCUT2D eigenvalue weighted by Gasteiger charge is -2.07. The van der Waals surface area contributed by atoms with Crippen molar-refractivity contribution >= 4 is 69.9 Å². The Kier molecular flexibility index (Phi) is 6.09. The largest absolute Gasteiger partial charge is 0.502 e. The van der Waals surface area contributed by atoms with Crippen LogP contribution in [0.5, 0.6) is 5.75 Å². The molecule has 0 saturated heterocycles. The van der Waals surface area contributed by atoms with E-state index >= 15 is 0 Å². The molecule has 1 aromatic heterocycles. The number of halogens is 4. The van der Waals surface area contributed by atoms with E-state index in [1.54, 1.807) is 0 Å². The van der Waals surface area contributed by atoms with Crippen molar-refractivity contribution in [3.8, 4) is 5.75 Å². The standard InChI is InChI=1S/C13H7Cl4N5O4/c14-5-1-4(11(23)6(2-5)22(25)26)3-19-21-13(24)10-7(15)9(18)8(16)12(17)20-10/h1-3,23H,(H2,18,20)(H,21,24). The van der Waals surface area contributed by atoms with E-state index in [0.717, 1.165) is 12.3 Å². The number of hydrogen-bond acceptors (Lipinski definition) is 7. The van der Waals surface area contributed by atoms with Crippen molar-refractivity contribution in [1.82, 2.24) is 10.4 Å². The molecular formula is C13H7Cl4N5O4. The molecule has 0 aliphatic rings. The first-order valence-electron chi connectivity index (χ1n) is 6.43. The third-order valence-corrected chi connectivity index (χ3v) is 4.29. The van der Waals surface area contributed by atoms with Gasteiger partial charge < -0.3 is 10.8 Å². The molecule has 26 heavy (non-hydrogen) atoms. The average molecular weight is 439 g/mol. The number of anilines is 1. The van der Waals surface area contributed by atoms with Gasteiger partial charge in [0.15, 0.2) is 10.8 Å². The summed E-state index contributed by atoms with van der Waals surface area (Å²) in [5.74, 6) is -1.56. The second kappa shape index (κ2) is 7.92. The number of carbonyl (C=O) groups is 1. The van der Waals surface area contributed by atoms with E-state index in [4.69, 9.17) is 52.1 Å². The minimum absolute atomic E-state index is 0.00996. The summed E-state index contributed by atoms with van der Waals surface area (Å²) in [6.07, 6.45) is 0.945. The van der Waals surface area contributed by atoms with Crippen LogP contribution in [-0.2, 0) is 0 Å². The van der Waals surface area contributed by atoms with Crippen LogP contribution in [0.25, 0.3) is 0 Å². The molecule has 0 aliphatic heterocycles. The zero-order valence-electron chi connectivity index (χ0n) is 12.3. The number of carbonyl (C=O) groups excluding carboxylic acids is 1. The highest BCUT2D eigenvalue weighted by atomic mass is 35.5. The molecular weight excluding hydrogens is 432 g/mol. The van der Waals surface area contributed by atoms with Gasteiger partial charge in [-0.1, -0.05) is 46.4 Å². The molecule has 0 saturated carbocycles. The average Bonchev–Trinajstić information content (AvgIpc) is 2.58. The predicted octanol–water partition coefficient (Wildman–Crippen LogP) is 3.66. The van der Waals surface area contributed by atoms with E-state index < -0.39 is 22.3 Å². The number of benzene rings is 1. The number of phenolic OH excluding ortho intramolecular Hbond substituents is 1. The van der Waals surface area contributed by atoms with Crippen LogP contribution in [0.2, 0.25) is 20.2 Å². The van der Waals surface area contributed by atoms with Crippen molar-refractivity contribution in [3.63, 3.8) is 0 Å². The molecule has 4 N–H and O–H groups in total. The number of aromatic hydroxyl groups is 1. The maximum atomic E-state index is 12.1. The summed E-state index contributed by atoms with van der Waals surface area (Å²) in [5.41, 5.74) is 6.48. The van der Waals surface area contributed by atoms with Gasteiger partial charge in [0, 0.05) is 16.7 Å². The van der Waals surface area contributed by atoms with Crippen LogP contribution in [-0.4, -0.2) is 27.1 Å². The normalized spacial score (nSPS) is 10.9. The number of hydrazone groups is 1. The fraction of sp³-hybridized carbons (Fsp3) is 0. The smallest absolute Gasteiger partial charge is 0.312 e. The molecule has 9 nitrogen and oxygen atoms in total.